The molecule has 0 spiro atoms. The van der Waals surface area contributed by atoms with Gasteiger partial charge in [-0.25, -0.2) is 0 Å². The molecular weight excluding hydrogens is 206 g/mol. The van der Waals surface area contributed by atoms with Crippen molar-refractivity contribution in [2.45, 2.75) is 57.9 Å². The lowest BCUT2D eigenvalue weighted by Gasteiger charge is -2.19. The third-order valence-corrected chi connectivity index (χ3v) is 4.03. The smallest absolute Gasteiger partial charge is 0.0297 e. The first-order chi connectivity index (χ1) is 8.25. The maximum atomic E-state index is 6.35. The van der Waals surface area contributed by atoms with Crippen LogP contribution in [0.4, 0.5) is 0 Å². The van der Waals surface area contributed by atoms with E-state index in [1.807, 2.05) is 0 Å². The Balaban J connectivity index is 1.93. The number of nitrogens with two attached hydrogens (primary N) is 1. The van der Waals surface area contributed by atoms with Crippen LogP contribution in [0.1, 0.15) is 62.1 Å². The average Bonchev–Trinajstić information content (AvgIpc) is 2.57. The molecule has 0 saturated heterocycles. The fourth-order valence-corrected chi connectivity index (χ4v) is 3.00. The SMILES string of the molecule is Cc1cccc(C(N)CC2CCCCCC2)c1. The molecule has 0 bridgehead atoms. The van der Waals surface area contributed by atoms with Gasteiger partial charge in [0.25, 0.3) is 0 Å². The molecule has 1 nitrogen and oxygen atoms in total. The van der Waals surface area contributed by atoms with Crippen LogP contribution in [0, 0.1) is 12.8 Å². The highest BCUT2D eigenvalue weighted by Crippen LogP contribution is 2.30. The van der Waals surface area contributed by atoms with Crippen LogP contribution >= 0.6 is 0 Å². The third-order valence-electron chi connectivity index (χ3n) is 4.03. The summed E-state index contributed by atoms with van der Waals surface area (Å²) in [4.78, 5) is 0. The molecule has 94 valence electrons. The van der Waals surface area contributed by atoms with Crippen molar-refractivity contribution in [2.24, 2.45) is 11.7 Å². The second-order valence-electron chi connectivity index (χ2n) is 5.61. The van der Waals surface area contributed by atoms with Crippen LogP contribution in [0.15, 0.2) is 24.3 Å². The lowest BCUT2D eigenvalue weighted by Crippen LogP contribution is -2.15. The fourth-order valence-electron chi connectivity index (χ4n) is 3.00. The van der Waals surface area contributed by atoms with Gasteiger partial charge in [-0.05, 0) is 24.8 Å². The lowest BCUT2D eigenvalue weighted by atomic mass is 9.89. The van der Waals surface area contributed by atoms with Gasteiger partial charge in [0.2, 0.25) is 0 Å². The summed E-state index contributed by atoms with van der Waals surface area (Å²) in [5.74, 6) is 0.855. The quantitative estimate of drug-likeness (QED) is 0.769. The molecule has 0 radical (unpaired) electrons. The Hall–Kier alpha value is -0.820. The first kappa shape index (κ1) is 12.6. The Morgan fingerprint density at radius 3 is 2.53 bits per heavy atom. The summed E-state index contributed by atoms with van der Waals surface area (Å²) in [6.07, 6.45) is 9.62. The summed E-state index contributed by atoms with van der Waals surface area (Å²) in [7, 11) is 0. The van der Waals surface area contributed by atoms with Crippen LogP contribution in [-0.4, -0.2) is 0 Å². The van der Waals surface area contributed by atoms with E-state index < -0.39 is 0 Å². The molecule has 0 aliphatic heterocycles. The predicted molar refractivity (Wildman–Crippen MR) is 73.9 cm³/mol. The van der Waals surface area contributed by atoms with Crippen LogP contribution in [-0.2, 0) is 0 Å². The molecular formula is C16H25N. The molecule has 0 aromatic heterocycles. The molecule has 1 unspecified atom stereocenters. The standard InChI is InChI=1S/C16H25N/c1-13-7-6-10-15(11-13)16(17)12-14-8-4-2-3-5-9-14/h6-7,10-11,14,16H,2-5,8-9,12,17H2,1H3. The highest BCUT2D eigenvalue weighted by Gasteiger charge is 2.16. The minimum Gasteiger partial charge on any atom is -0.324 e. The molecule has 2 N–H and O–H groups in total. The van der Waals surface area contributed by atoms with E-state index in [2.05, 4.69) is 31.2 Å². The second kappa shape index (κ2) is 6.20. The van der Waals surface area contributed by atoms with Crippen LogP contribution in [0.25, 0.3) is 0 Å². The highest BCUT2D eigenvalue weighted by molar-refractivity contribution is 5.24. The number of hydrogen-bond acceptors (Lipinski definition) is 1. The topological polar surface area (TPSA) is 26.0 Å². The van der Waals surface area contributed by atoms with E-state index in [1.165, 1.54) is 56.1 Å². The minimum absolute atomic E-state index is 0.234. The van der Waals surface area contributed by atoms with E-state index in [1.54, 1.807) is 0 Å². The summed E-state index contributed by atoms with van der Waals surface area (Å²) in [5, 5.41) is 0. The van der Waals surface area contributed by atoms with Gasteiger partial charge in [0, 0.05) is 6.04 Å². The molecule has 1 saturated carbocycles. The van der Waals surface area contributed by atoms with Crippen LogP contribution in [0.3, 0.4) is 0 Å². The van der Waals surface area contributed by atoms with Gasteiger partial charge in [-0.3, -0.25) is 0 Å². The number of hydrogen-bond donors (Lipinski definition) is 1. The molecule has 1 aliphatic carbocycles. The van der Waals surface area contributed by atoms with Gasteiger partial charge in [0.05, 0.1) is 0 Å². The Bertz CT molecular complexity index is 337. The zero-order chi connectivity index (χ0) is 12.1. The zero-order valence-electron chi connectivity index (χ0n) is 11.0. The van der Waals surface area contributed by atoms with Gasteiger partial charge >= 0.3 is 0 Å². The maximum absolute atomic E-state index is 6.35. The van der Waals surface area contributed by atoms with Gasteiger partial charge < -0.3 is 5.73 Å². The Labute approximate surface area is 105 Å². The van der Waals surface area contributed by atoms with E-state index in [-0.39, 0.29) is 6.04 Å². The normalized spacial score (nSPS) is 19.9. The summed E-state index contributed by atoms with van der Waals surface area (Å²) in [6, 6.07) is 8.91. The molecule has 0 amide bonds. The Kier molecular flexibility index (Phi) is 4.61. The fraction of sp³-hybridized carbons (Fsp3) is 0.625. The average molecular weight is 231 g/mol. The molecule has 2 rings (SSSR count). The predicted octanol–water partition coefficient (Wildman–Crippen LogP) is 4.36. The summed E-state index contributed by atoms with van der Waals surface area (Å²) in [6.45, 7) is 2.14. The van der Waals surface area contributed by atoms with Gasteiger partial charge in [-0.2, -0.15) is 0 Å². The van der Waals surface area contributed by atoms with E-state index in [0.717, 1.165) is 5.92 Å². The first-order valence-electron chi connectivity index (χ1n) is 7.08. The number of rotatable bonds is 3. The van der Waals surface area contributed by atoms with E-state index >= 15 is 0 Å². The molecule has 0 heterocycles. The molecule has 1 fully saturated rings. The van der Waals surface area contributed by atoms with Crippen LogP contribution < -0.4 is 5.73 Å². The molecule has 1 heteroatoms. The summed E-state index contributed by atoms with van der Waals surface area (Å²) < 4.78 is 0. The van der Waals surface area contributed by atoms with E-state index in [0.29, 0.717) is 0 Å². The summed E-state index contributed by atoms with van der Waals surface area (Å²) >= 11 is 0. The maximum Gasteiger partial charge on any atom is 0.0297 e. The van der Waals surface area contributed by atoms with Gasteiger partial charge in [0.15, 0.2) is 0 Å². The van der Waals surface area contributed by atoms with E-state index in [9.17, 15) is 0 Å². The zero-order valence-corrected chi connectivity index (χ0v) is 11.0. The van der Waals surface area contributed by atoms with E-state index in [4.69, 9.17) is 5.73 Å². The van der Waals surface area contributed by atoms with Crippen molar-refractivity contribution >= 4 is 0 Å². The monoisotopic (exact) mass is 231 g/mol. The molecule has 1 aliphatic rings. The van der Waals surface area contributed by atoms with Crippen molar-refractivity contribution in [1.29, 1.82) is 0 Å². The van der Waals surface area contributed by atoms with Crippen LogP contribution in [0.5, 0.6) is 0 Å². The summed E-state index contributed by atoms with van der Waals surface area (Å²) in [5.41, 5.74) is 8.98. The molecule has 1 atom stereocenters. The van der Waals surface area contributed by atoms with Crippen molar-refractivity contribution in [3.05, 3.63) is 35.4 Å². The second-order valence-corrected chi connectivity index (χ2v) is 5.61. The van der Waals surface area contributed by atoms with Gasteiger partial charge in [-0.1, -0.05) is 68.4 Å². The largest absolute Gasteiger partial charge is 0.324 e. The lowest BCUT2D eigenvalue weighted by molar-refractivity contribution is 0.393. The van der Waals surface area contributed by atoms with Crippen molar-refractivity contribution < 1.29 is 0 Å². The van der Waals surface area contributed by atoms with Gasteiger partial charge in [0.1, 0.15) is 0 Å². The Morgan fingerprint density at radius 2 is 1.88 bits per heavy atom. The minimum atomic E-state index is 0.234. The number of benzene rings is 1. The molecule has 1 aromatic rings. The Morgan fingerprint density at radius 1 is 1.18 bits per heavy atom. The highest BCUT2D eigenvalue weighted by atomic mass is 14.6. The van der Waals surface area contributed by atoms with Crippen molar-refractivity contribution in [3.63, 3.8) is 0 Å². The van der Waals surface area contributed by atoms with Crippen molar-refractivity contribution in [3.8, 4) is 0 Å². The number of aryl methyl sites for hydroxylation is 1. The van der Waals surface area contributed by atoms with Crippen molar-refractivity contribution in [2.75, 3.05) is 0 Å². The van der Waals surface area contributed by atoms with Crippen molar-refractivity contribution in [1.82, 2.24) is 0 Å². The molecule has 17 heavy (non-hydrogen) atoms. The third kappa shape index (κ3) is 3.85. The molecule has 1 aromatic carbocycles. The first-order valence-corrected chi connectivity index (χ1v) is 7.08. The van der Waals surface area contributed by atoms with Gasteiger partial charge in [-0.15, -0.1) is 0 Å². The van der Waals surface area contributed by atoms with Crippen LogP contribution in [0.2, 0.25) is 0 Å².